The van der Waals surface area contributed by atoms with Crippen LogP contribution in [0, 0.1) is 6.92 Å². The molecule has 0 saturated carbocycles. The third kappa shape index (κ3) is 8.36. The fourth-order valence-electron chi connectivity index (χ4n) is 4.83. The minimum atomic E-state index is -0.544. The summed E-state index contributed by atoms with van der Waals surface area (Å²) >= 11 is 12.4. The number of hydrogen-bond donors (Lipinski definition) is 0. The van der Waals surface area contributed by atoms with Crippen LogP contribution in [0.15, 0.2) is 72.8 Å². The summed E-state index contributed by atoms with van der Waals surface area (Å²) in [6.07, 6.45) is 1.73. The highest BCUT2D eigenvalue weighted by molar-refractivity contribution is 6.43. The van der Waals surface area contributed by atoms with Crippen molar-refractivity contribution in [3.05, 3.63) is 95.1 Å². The van der Waals surface area contributed by atoms with Crippen molar-refractivity contribution in [1.82, 2.24) is 4.90 Å². The van der Waals surface area contributed by atoms with Crippen molar-refractivity contribution >= 4 is 23.2 Å². The second kappa shape index (κ2) is 14.8. The van der Waals surface area contributed by atoms with Gasteiger partial charge in [0.15, 0.2) is 4.96 Å². The fraction of sp³-hybridized carbons (Fsp3) is 0.419. The summed E-state index contributed by atoms with van der Waals surface area (Å²) in [6, 6.07) is 24.7. The minimum Gasteiger partial charge on any atom is -0.496 e. The number of hydrogen-bond acceptors (Lipinski definition) is 5. The minimum absolute atomic E-state index is 0.0281. The van der Waals surface area contributed by atoms with E-state index in [0.29, 0.717) is 33.0 Å². The molecule has 2 unspecified atom stereocenters. The van der Waals surface area contributed by atoms with E-state index >= 15 is 0 Å². The van der Waals surface area contributed by atoms with Crippen LogP contribution in [-0.4, -0.2) is 49.4 Å². The molecule has 1 saturated heterocycles. The van der Waals surface area contributed by atoms with Crippen LogP contribution >= 0.6 is 23.2 Å². The predicted molar refractivity (Wildman–Crippen MR) is 153 cm³/mol. The van der Waals surface area contributed by atoms with E-state index < -0.39 is 4.96 Å². The SMILES string of the molecule is COc1ccc(COC2CN(C(Cl)Cl)CCC2c2ccc(OCCCOCc3ccccc3)cc2)cc1C. The maximum absolute atomic E-state index is 6.46. The van der Waals surface area contributed by atoms with Gasteiger partial charge in [-0.2, -0.15) is 0 Å². The van der Waals surface area contributed by atoms with Crippen molar-refractivity contribution in [2.75, 3.05) is 33.4 Å². The van der Waals surface area contributed by atoms with E-state index in [1.54, 1.807) is 7.11 Å². The molecule has 3 aromatic carbocycles. The smallest absolute Gasteiger partial charge is 0.160 e. The normalized spacial score (nSPS) is 18.0. The summed E-state index contributed by atoms with van der Waals surface area (Å²) in [5.41, 5.74) is 4.63. The van der Waals surface area contributed by atoms with E-state index in [2.05, 4.69) is 35.2 Å². The second-order valence-electron chi connectivity index (χ2n) is 9.63. The Kier molecular flexibility index (Phi) is 11.2. The highest BCUT2D eigenvalue weighted by Gasteiger charge is 2.33. The molecule has 0 bridgehead atoms. The molecule has 38 heavy (non-hydrogen) atoms. The third-order valence-corrected chi connectivity index (χ3v) is 7.46. The van der Waals surface area contributed by atoms with Crippen molar-refractivity contribution < 1.29 is 18.9 Å². The standard InChI is InChI=1S/C31H37Cl2NO4/c1-23-19-25(9-14-29(23)35-2)22-38-30-20-34(31(32)33)16-15-28(30)26-10-12-27(13-11-26)37-18-6-17-36-21-24-7-4-3-5-8-24/h3-5,7-14,19,28,30-31H,6,15-18,20-22H2,1-2H3. The molecule has 1 aliphatic heterocycles. The van der Waals surface area contributed by atoms with Crippen LogP contribution in [0.3, 0.4) is 0 Å². The van der Waals surface area contributed by atoms with Crippen LogP contribution in [-0.2, 0) is 22.7 Å². The molecule has 0 radical (unpaired) electrons. The molecule has 0 N–H and O–H groups in total. The molecular weight excluding hydrogens is 521 g/mol. The van der Waals surface area contributed by atoms with Crippen LogP contribution in [0.4, 0.5) is 0 Å². The van der Waals surface area contributed by atoms with Crippen molar-refractivity contribution in [3.63, 3.8) is 0 Å². The molecule has 1 aliphatic rings. The first-order chi connectivity index (χ1) is 18.5. The third-order valence-electron chi connectivity index (χ3n) is 6.91. The zero-order chi connectivity index (χ0) is 26.7. The number of rotatable bonds is 13. The van der Waals surface area contributed by atoms with E-state index in [-0.39, 0.29) is 12.0 Å². The highest BCUT2D eigenvalue weighted by atomic mass is 35.5. The van der Waals surface area contributed by atoms with Gasteiger partial charge in [-0.3, -0.25) is 4.90 Å². The number of halogens is 2. The summed E-state index contributed by atoms with van der Waals surface area (Å²) in [7, 11) is 1.69. The molecule has 7 heteroatoms. The van der Waals surface area contributed by atoms with Crippen LogP contribution < -0.4 is 9.47 Å². The molecule has 4 rings (SSSR count). The summed E-state index contributed by atoms with van der Waals surface area (Å²) < 4.78 is 23.5. The van der Waals surface area contributed by atoms with Gasteiger partial charge in [-0.05, 0) is 53.8 Å². The Bertz CT molecular complexity index is 1110. The first-order valence-electron chi connectivity index (χ1n) is 13.1. The summed E-state index contributed by atoms with van der Waals surface area (Å²) in [5.74, 6) is 1.99. The lowest BCUT2D eigenvalue weighted by molar-refractivity contribution is -0.0226. The van der Waals surface area contributed by atoms with Crippen LogP contribution in [0.1, 0.15) is 41.0 Å². The number of benzene rings is 3. The van der Waals surface area contributed by atoms with Crippen molar-refractivity contribution in [3.8, 4) is 11.5 Å². The average molecular weight is 559 g/mol. The van der Waals surface area contributed by atoms with Gasteiger partial charge in [-0.1, -0.05) is 77.8 Å². The molecule has 0 amide bonds. The van der Waals surface area contributed by atoms with Gasteiger partial charge >= 0.3 is 0 Å². The van der Waals surface area contributed by atoms with Gasteiger partial charge in [-0.15, -0.1) is 0 Å². The molecule has 1 fully saturated rings. The summed E-state index contributed by atoms with van der Waals surface area (Å²) in [6.45, 7) is 5.98. The topological polar surface area (TPSA) is 40.2 Å². The molecule has 5 nitrogen and oxygen atoms in total. The van der Waals surface area contributed by atoms with Crippen molar-refractivity contribution in [2.24, 2.45) is 0 Å². The summed E-state index contributed by atoms with van der Waals surface area (Å²) in [5, 5.41) is 0. The maximum Gasteiger partial charge on any atom is 0.160 e. The number of likely N-dealkylation sites (tertiary alicyclic amines) is 1. The van der Waals surface area contributed by atoms with Gasteiger partial charge in [0.2, 0.25) is 0 Å². The van der Waals surface area contributed by atoms with Crippen LogP contribution in [0.2, 0.25) is 0 Å². The van der Waals surface area contributed by atoms with Crippen LogP contribution in [0.5, 0.6) is 11.5 Å². The van der Waals surface area contributed by atoms with Crippen molar-refractivity contribution in [1.29, 1.82) is 0 Å². The molecule has 0 aliphatic carbocycles. The second-order valence-corrected chi connectivity index (χ2v) is 10.7. The van der Waals surface area contributed by atoms with Crippen molar-refractivity contribution in [2.45, 2.75) is 50.0 Å². The molecule has 2 atom stereocenters. The zero-order valence-electron chi connectivity index (χ0n) is 22.2. The fourth-order valence-corrected chi connectivity index (χ4v) is 5.18. The average Bonchev–Trinajstić information content (AvgIpc) is 2.94. The van der Waals surface area contributed by atoms with E-state index in [1.807, 2.05) is 49.4 Å². The van der Waals surface area contributed by atoms with Crippen LogP contribution in [0.25, 0.3) is 0 Å². The first-order valence-corrected chi connectivity index (χ1v) is 14.0. The molecule has 0 aromatic heterocycles. The van der Waals surface area contributed by atoms with Gasteiger partial charge in [-0.25, -0.2) is 0 Å². The monoisotopic (exact) mass is 557 g/mol. The Labute approximate surface area is 236 Å². The number of nitrogens with zero attached hydrogens (tertiary/aromatic N) is 1. The lowest BCUT2D eigenvalue weighted by atomic mass is 9.87. The Hall–Kier alpha value is -2.28. The summed E-state index contributed by atoms with van der Waals surface area (Å²) in [4.78, 5) is 1.51. The number of methoxy groups -OCH3 is 1. The first kappa shape index (κ1) is 28.7. The highest BCUT2D eigenvalue weighted by Crippen LogP contribution is 2.34. The number of alkyl halides is 2. The number of aryl methyl sites for hydroxylation is 1. The number of ether oxygens (including phenoxy) is 4. The predicted octanol–water partition coefficient (Wildman–Crippen LogP) is 7.13. The van der Waals surface area contributed by atoms with Gasteiger partial charge < -0.3 is 18.9 Å². The van der Waals surface area contributed by atoms with Gasteiger partial charge in [0.05, 0.1) is 39.6 Å². The Morgan fingerprint density at radius 3 is 2.42 bits per heavy atom. The lowest BCUT2D eigenvalue weighted by Gasteiger charge is -2.39. The largest absolute Gasteiger partial charge is 0.496 e. The number of piperidine rings is 1. The molecular formula is C31H37Cl2NO4. The molecule has 204 valence electrons. The molecule has 3 aromatic rings. The molecule has 0 spiro atoms. The lowest BCUT2D eigenvalue weighted by Crippen LogP contribution is -2.45. The van der Waals surface area contributed by atoms with E-state index in [1.165, 1.54) is 11.1 Å². The maximum atomic E-state index is 6.46. The zero-order valence-corrected chi connectivity index (χ0v) is 23.7. The Balaban J connectivity index is 1.29. The Morgan fingerprint density at radius 2 is 1.71 bits per heavy atom. The van der Waals surface area contributed by atoms with E-state index in [4.69, 9.17) is 42.1 Å². The van der Waals surface area contributed by atoms with E-state index in [0.717, 1.165) is 42.0 Å². The Morgan fingerprint density at radius 1 is 0.921 bits per heavy atom. The van der Waals surface area contributed by atoms with Gasteiger partial charge in [0.1, 0.15) is 11.5 Å². The van der Waals surface area contributed by atoms with Gasteiger partial charge in [0, 0.05) is 25.4 Å². The van der Waals surface area contributed by atoms with E-state index in [9.17, 15) is 0 Å². The molecule has 1 heterocycles. The van der Waals surface area contributed by atoms with Gasteiger partial charge in [0.25, 0.3) is 0 Å². The quantitative estimate of drug-likeness (QED) is 0.127.